The first-order valence-electron chi connectivity index (χ1n) is 8.79. The van der Waals surface area contributed by atoms with Crippen LogP contribution in [0.3, 0.4) is 0 Å². The first-order chi connectivity index (χ1) is 13.4. The smallest absolute Gasteiger partial charge is 0.319 e. The molecule has 0 amide bonds. The molecule has 28 heavy (non-hydrogen) atoms. The van der Waals surface area contributed by atoms with Gasteiger partial charge in [-0.1, -0.05) is 17.3 Å². The van der Waals surface area contributed by atoms with Crippen LogP contribution in [0.15, 0.2) is 53.1 Å². The molecule has 0 N–H and O–H groups in total. The molecule has 0 aliphatic rings. The SMILES string of the molecule is [11CH3]OC(=O)C([11CH3])([11CH3])c1onc(-c2ccc(O[11CH3])cc2)c1-c1ccc(O[12CH3])cc1. The Kier molecular flexibility index (Phi) is 5.40. The molecule has 0 saturated heterocycles. The number of ether oxygens (including phenoxy) is 3. The summed E-state index contributed by atoms with van der Waals surface area (Å²) in [6.07, 6.45) is 0. The standard InChI is InChI=1S/C22H23NO5/c1-22(2,21(24)27-5)20-18(14-6-10-16(25-3)11-7-14)19(23-28-20)15-8-12-17(26-4)13-9-15/h6-13H,1-5H3/i1-1,2-1,3+0,4-1,5-1. The van der Waals surface area contributed by atoms with Gasteiger partial charge in [-0.15, -0.1) is 0 Å². The number of aromatic nitrogens is 1. The van der Waals surface area contributed by atoms with E-state index in [1.165, 1.54) is 7.11 Å². The van der Waals surface area contributed by atoms with Crippen LogP contribution >= 0.6 is 0 Å². The summed E-state index contributed by atoms with van der Waals surface area (Å²) in [6, 6.07) is 15.0. The predicted molar refractivity (Wildman–Crippen MR) is 106 cm³/mol. The number of hydrogen-bond acceptors (Lipinski definition) is 6. The molecule has 0 saturated carbocycles. The second kappa shape index (κ2) is 7.76. The molecule has 6 nitrogen and oxygen atoms in total. The van der Waals surface area contributed by atoms with E-state index >= 15 is 0 Å². The van der Waals surface area contributed by atoms with Crippen molar-refractivity contribution in [3.05, 3.63) is 54.3 Å². The van der Waals surface area contributed by atoms with Gasteiger partial charge in [0.25, 0.3) is 0 Å². The fourth-order valence-electron chi connectivity index (χ4n) is 3.04. The first-order valence-corrected chi connectivity index (χ1v) is 8.79. The molecule has 0 bridgehead atoms. The van der Waals surface area contributed by atoms with E-state index in [0.29, 0.717) is 11.5 Å². The van der Waals surface area contributed by atoms with E-state index in [1.54, 1.807) is 28.1 Å². The summed E-state index contributed by atoms with van der Waals surface area (Å²) in [7, 11) is 4.59. The minimum absolute atomic E-state index is 0.403. The number of carbonyl (C=O) groups excluding carboxylic acids is 1. The average Bonchev–Trinajstić information content (AvgIpc) is 3.19. The molecule has 146 valence electrons. The summed E-state index contributed by atoms with van der Waals surface area (Å²) >= 11 is 0. The number of nitrogens with zero attached hydrogens (tertiary/aromatic N) is 1. The van der Waals surface area contributed by atoms with Crippen molar-refractivity contribution >= 4 is 5.97 Å². The van der Waals surface area contributed by atoms with E-state index in [4.69, 9.17) is 18.7 Å². The van der Waals surface area contributed by atoms with Gasteiger partial charge in [0.1, 0.15) is 22.6 Å². The molecule has 3 aromatic rings. The van der Waals surface area contributed by atoms with Crippen molar-refractivity contribution in [1.82, 2.24) is 5.16 Å². The number of hydrogen-bond donors (Lipinski definition) is 0. The van der Waals surface area contributed by atoms with Gasteiger partial charge < -0.3 is 18.7 Å². The highest BCUT2D eigenvalue weighted by Crippen LogP contribution is 2.41. The molecule has 3 rings (SSSR count). The van der Waals surface area contributed by atoms with Crippen molar-refractivity contribution in [2.45, 2.75) is 19.3 Å². The van der Waals surface area contributed by atoms with Crippen LogP contribution in [-0.2, 0) is 14.9 Å². The fourth-order valence-corrected chi connectivity index (χ4v) is 3.04. The van der Waals surface area contributed by atoms with Crippen LogP contribution in [0.4, 0.5) is 0 Å². The summed E-state index contributed by atoms with van der Waals surface area (Å²) < 4.78 is 21.2. The van der Waals surface area contributed by atoms with E-state index < -0.39 is 11.4 Å². The van der Waals surface area contributed by atoms with Crippen molar-refractivity contribution in [2.75, 3.05) is 21.3 Å². The molecule has 0 aliphatic carbocycles. The van der Waals surface area contributed by atoms with E-state index in [2.05, 4.69) is 5.16 Å². The molecule has 2 aromatic carbocycles. The van der Waals surface area contributed by atoms with Gasteiger partial charge in [-0.05, 0) is 55.8 Å². The Balaban J connectivity index is 2.20. The van der Waals surface area contributed by atoms with Gasteiger partial charge in [-0.3, -0.25) is 4.79 Å². The highest BCUT2D eigenvalue weighted by atomic mass is 16.5. The van der Waals surface area contributed by atoms with Gasteiger partial charge in [0.05, 0.1) is 26.9 Å². The first kappa shape index (κ1) is 19.5. The Hall–Kier alpha value is -3.28. The Morgan fingerprint density at radius 1 is 0.857 bits per heavy atom. The Bertz CT molecular complexity index is 956. The largest absolute Gasteiger partial charge is 0.497 e. The monoisotopic (exact) mass is 377 g/mol. The third-order valence-corrected chi connectivity index (χ3v) is 4.70. The molecule has 0 atom stereocenters. The van der Waals surface area contributed by atoms with Gasteiger partial charge in [0, 0.05) is 5.56 Å². The van der Waals surface area contributed by atoms with Crippen LogP contribution in [0.2, 0.25) is 0 Å². The Morgan fingerprint density at radius 3 is 1.82 bits per heavy atom. The number of esters is 1. The lowest BCUT2D eigenvalue weighted by atomic mass is 9.60. The van der Waals surface area contributed by atoms with Gasteiger partial charge in [0.15, 0.2) is 5.76 Å². The zero-order valence-electron chi connectivity index (χ0n) is 16.6. The molecular weight excluding hydrogens is 354 g/mol. The van der Waals surface area contributed by atoms with Gasteiger partial charge in [0.2, 0.25) is 0 Å². The van der Waals surface area contributed by atoms with Gasteiger partial charge in [-0.25, -0.2) is 0 Å². The van der Waals surface area contributed by atoms with Crippen LogP contribution in [0, 0.1) is 0 Å². The van der Waals surface area contributed by atoms with Crippen LogP contribution in [0.25, 0.3) is 22.4 Å². The fraction of sp³-hybridized carbons (Fsp3) is 0.273. The van der Waals surface area contributed by atoms with Crippen LogP contribution in [0.5, 0.6) is 11.5 Å². The Labute approximate surface area is 164 Å². The predicted octanol–water partition coefficient (Wildman–Crippen LogP) is 4.48. The maximum absolute atomic E-state index is 12.4. The minimum atomic E-state index is -1.01. The van der Waals surface area contributed by atoms with Crippen molar-refractivity contribution < 1.29 is 23.5 Å². The van der Waals surface area contributed by atoms with Crippen molar-refractivity contribution in [3.63, 3.8) is 0 Å². The zero-order chi connectivity index (χ0) is 20.3. The van der Waals surface area contributed by atoms with E-state index in [1.807, 2.05) is 48.5 Å². The van der Waals surface area contributed by atoms with E-state index in [-0.39, 0.29) is 0 Å². The highest BCUT2D eigenvalue weighted by molar-refractivity contribution is 5.89. The van der Waals surface area contributed by atoms with Crippen molar-refractivity contribution in [1.29, 1.82) is 0 Å². The molecule has 0 aliphatic heterocycles. The second-order valence-corrected chi connectivity index (χ2v) is 6.81. The van der Waals surface area contributed by atoms with Crippen molar-refractivity contribution in [2.24, 2.45) is 0 Å². The third-order valence-electron chi connectivity index (χ3n) is 4.70. The number of methoxy groups -OCH3 is 3. The second-order valence-electron chi connectivity index (χ2n) is 6.81. The lowest BCUT2D eigenvalue weighted by Gasteiger charge is -2.20. The summed E-state index contributed by atoms with van der Waals surface area (Å²) in [5.74, 6) is 1.52. The molecule has 1 aromatic heterocycles. The molecular formula is C22H23NO5. The highest BCUT2D eigenvalue weighted by Gasteiger charge is 2.39. The molecule has 1 heterocycles. The van der Waals surface area contributed by atoms with Gasteiger partial charge >= 0.3 is 5.97 Å². The molecule has 0 spiro atoms. The zero-order valence-corrected chi connectivity index (χ0v) is 16.6. The summed E-state index contributed by atoms with van der Waals surface area (Å²) in [6.45, 7) is 3.51. The summed E-state index contributed by atoms with van der Waals surface area (Å²) in [4.78, 5) is 12.4. The van der Waals surface area contributed by atoms with Gasteiger partial charge in [-0.2, -0.15) is 0 Å². The van der Waals surface area contributed by atoms with E-state index in [9.17, 15) is 4.79 Å². The molecule has 0 unspecified atom stereocenters. The van der Waals surface area contributed by atoms with Crippen LogP contribution in [0.1, 0.15) is 19.6 Å². The summed E-state index contributed by atoms with van der Waals surface area (Å²) in [5.41, 5.74) is 2.08. The minimum Gasteiger partial charge on any atom is -0.497 e. The lowest BCUT2D eigenvalue weighted by Crippen LogP contribution is -2.30. The summed E-state index contributed by atoms with van der Waals surface area (Å²) in [5, 5.41) is 4.29. The van der Waals surface area contributed by atoms with Crippen LogP contribution in [-0.4, -0.2) is 32.5 Å². The maximum Gasteiger partial charge on any atom is 0.319 e. The quantitative estimate of drug-likeness (QED) is 0.590. The van der Waals surface area contributed by atoms with Crippen molar-refractivity contribution in [3.8, 4) is 33.9 Å². The molecule has 6 heteroatoms. The normalized spacial score (nSPS) is 11.2. The molecule has 0 radical (unpaired) electrons. The number of benzene rings is 2. The topological polar surface area (TPSA) is 70.8 Å². The average molecular weight is 377 g/mol. The number of carbonyl (C=O) groups is 1. The Morgan fingerprint density at radius 2 is 1.36 bits per heavy atom. The molecule has 0 fully saturated rings. The third kappa shape index (κ3) is 3.45. The lowest BCUT2D eigenvalue weighted by molar-refractivity contribution is -0.146. The van der Waals surface area contributed by atoms with E-state index in [0.717, 1.165) is 28.2 Å². The van der Waals surface area contributed by atoms with Crippen LogP contribution < -0.4 is 9.47 Å². The maximum atomic E-state index is 12.4. The number of rotatable bonds is 6.